The summed E-state index contributed by atoms with van der Waals surface area (Å²) in [7, 11) is 1.33. The molecule has 1 aliphatic rings. The Bertz CT molecular complexity index is 1640. The van der Waals surface area contributed by atoms with Crippen LogP contribution in [0.3, 0.4) is 0 Å². The summed E-state index contributed by atoms with van der Waals surface area (Å²) in [6.07, 6.45) is 5.21. The number of carbonyl (C=O) groups excluding carboxylic acids is 1. The van der Waals surface area contributed by atoms with Gasteiger partial charge in [-0.1, -0.05) is 20.8 Å². The van der Waals surface area contributed by atoms with Gasteiger partial charge in [-0.05, 0) is 83.6 Å². The normalized spacial score (nSPS) is 14.8. The maximum absolute atomic E-state index is 12.5. The summed E-state index contributed by atoms with van der Waals surface area (Å²) in [5.74, 6) is 1.39. The van der Waals surface area contributed by atoms with Crippen molar-refractivity contribution in [2.75, 3.05) is 45.4 Å². The summed E-state index contributed by atoms with van der Waals surface area (Å²) in [4.78, 5) is 25.8. The molecule has 0 aliphatic carbocycles. The minimum atomic E-state index is -1.97. The zero-order valence-electron chi connectivity index (χ0n) is 31.9. The lowest BCUT2D eigenvalue weighted by Crippen LogP contribution is -2.42. The first-order valence-electron chi connectivity index (χ1n) is 17.3. The molecule has 0 spiro atoms. The average Bonchev–Trinajstić information content (AvgIpc) is 3.56. The maximum Gasteiger partial charge on any atom is 0.410 e. The van der Waals surface area contributed by atoms with Crippen LogP contribution in [0.1, 0.15) is 72.9 Å². The number of carbonyl (C=O) groups is 1. The van der Waals surface area contributed by atoms with Crippen LogP contribution >= 0.6 is 0 Å². The number of amides is 1. The quantitative estimate of drug-likeness (QED) is 0.137. The molecule has 0 bridgehead atoms. The van der Waals surface area contributed by atoms with E-state index in [4.69, 9.17) is 23.6 Å². The number of benzene rings is 2. The van der Waals surface area contributed by atoms with Gasteiger partial charge in [0.25, 0.3) is 0 Å². The van der Waals surface area contributed by atoms with E-state index in [0.29, 0.717) is 49.1 Å². The van der Waals surface area contributed by atoms with E-state index in [2.05, 4.69) is 55.6 Å². The van der Waals surface area contributed by atoms with Crippen LogP contribution in [0.15, 0.2) is 58.8 Å². The Morgan fingerprint density at radius 1 is 0.980 bits per heavy atom. The molecule has 272 valence electrons. The van der Waals surface area contributed by atoms with Gasteiger partial charge in [0.1, 0.15) is 17.1 Å². The highest BCUT2D eigenvalue weighted by Crippen LogP contribution is 2.39. The summed E-state index contributed by atoms with van der Waals surface area (Å²) >= 11 is 0. The number of aliphatic imine (C=N–C) groups is 2. The highest BCUT2D eigenvalue weighted by Gasteiger charge is 2.37. The van der Waals surface area contributed by atoms with Gasteiger partial charge in [0.05, 0.1) is 44.4 Å². The molecular weight excluding hydrogens is 649 g/mol. The van der Waals surface area contributed by atoms with Crippen molar-refractivity contribution >= 4 is 49.6 Å². The molecule has 0 N–H and O–H groups in total. The largest absolute Gasteiger partial charge is 0.497 e. The zero-order valence-corrected chi connectivity index (χ0v) is 32.9. The smallest absolute Gasteiger partial charge is 0.410 e. The van der Waals surface area contributed by atoms with Gasteiger partial charge < -0.3 is 28.4 Å². The predicted octanol–water partition coefficient (Wildman–Crippen LogP) is 9.11. The number of nitrogens with zero attached hydrogens (tertiary/aromatic N) is 6. The molecule has 0 saturated carbocycles. The van der Waals surface area contributed by atoms with Gasteiger partial charge in [-0.2, -0.15) is 5.10 Å². The van der Waals surface area contributed by atoms with Crippen LogP contribution in [-0.4, -0.2) is 87.6 Å². The number of anilines is 2. The molecule has 1 aliphatic heterocycles. The van der Waals surface area contributed by atoms with Crippen LogP contribution in [-0.2, 0) is 9.16 Å². The number of hydrogen-bond acceptors (Lipinski definition) is 9. The molecular formula is C38H56N6O5Si. The highest BCUT2D eigenvalue weighted by molar-refractivity contribution is 6.74. The Hall–Kier alpha value is -4.16. The van der Waals surface area contributed by atoms with E-state index in [1.165, 1.54) is 0 Å². The summed E-state index contributed by atoms with van der Waals surface area (Å²) in [6, 6.07) is 12.0. The molecule has 1 aromatic heterocycles. The second-order valence-corrected chi connectivity index (χ2v) is 20.1. The van der Waals surface area contributed by atoms with Crippen molar-refractivity contribution in [1.82, 2.24) is 14.7 Å². The first-order valence-corrected chi connectivity index (χ1v) is 20.2. The molecule has 2 aromatic carbocycles. The van der Waals surface area contributed by atoms with E-state index >= 15 is 0 Å². The molecule has 0 radical (unpaired) electrons. The van der Waals surface area contributed by atoms with Crippen molar-refractivity contribution in [2.45, 2.75) is 91.1 Å². The molecule has 1 fully saturated rings. The van der Waals surface area contributed by atoms with Crippen LogP contribution < -0.4 is 14.4 Å². The van der Waals surface area contributed by atoms with Crippen molar-refractivity contribution < 1.29 is 23.4 Å². The lowest BCUT2D eigenvalue weighted by molar-refractivity contribution is 0.0184. The summed E-state index contributed by atoms with van der Waals surface area (Å²) < 4.78 is 25.4. The minimum Gasteiger partial charge on any atom is -0.497 e. The second-order valence-electron chi connectivity index (χ2n) is 15.3. The van der Waals surface area contributed by atoms with Crippen LogP contribution in [0.4, 0.5) is 27.5 Å². The van der Waals surface area contributed by atoms with Gasteiger partial charge in [0.2, 0.25) is 0 Å². The van der Waals surface area contributed by atoms with Crippen molar-refractivity contribution in [3.8, 4) is 11.5 Å². The van der Waals surface area contributed by atoms with E-state index in [9.17, 15) is 4.79 Å². The summed E-state index contributed by atoms with van der Waals surface area (Å²) in [5, 5.41) is 4.78. The zero-order chi connectivity index (χ0) is 36.9. The molecule has 1 saturated heterocycles. The van der Waals surface area contributed by atoms with Gasteiger partial charge in [-0.3, -0.25) is 14.7 Å². The monoisotopic (exact) mass is 704 g/mol. The molecule has 2 heterocycles. The Morgan fingerprint density at radius 2 is 1.62 bits per heavy atom. The Morgan fingerprint density at radius 3 is 2.18 bits per heavy atom. The number of rotatable bonds is 12. The average molecular weight is 705 g/mol. The first-order chi connectivity index (χ1) is 23.4. The van der Waals surface area contributed by atoms with E-state index in [1.807, 2.05) is 81.2 Å². The molecule has 12 heteroatoms. The molecule has 0 atom stereocenters. The predicted molar refractivity (Wildman–Crippen MR) is 206 cm³/mol. The Labute approximate surface area is 299 Å². The third-order valence-corrected chi connectivity index (χ3v) is 14.0. The summed E-state index contributed by atoms with van der Waals surface area (Å²) in [5.41, 5.74) is 4.41. The van der Waals surface area contributed by atoms with Gasteiger partial charge in [0.15, 0.2) is 8.32 Å². The summed E-state index contributed by atoms with van der Waals surface area (Å²) in [6.45, 7) is 25.1. The van der Waals surface area contributed by atoms with E-state index in [0.717, 1.165) is 35.5 Å². The lowest BCUT2D eigenvalue weighted by atomic mass is 10.1. The third-order valence-electron chi connectivity index (χ3n) is 9.47. The van der Waals surface area contributed by atoms with Crippen LogP contribution in [0.25, 0.3) is 0 Å². The fourth-order valence-corrected chi connectivity index (χ4v) is 6.51. The third kappa shape index (κ3) is 9.75. The van der Waals surface area contributed by atoms with Gasteiger partial charge >= 0.3 is 6.09 Å². The minimum absolute atomic E-state index is 0.0962. The highest BCUT2D eigenvalue weighted by atomic mass is 28.4. The number of hydrogen-bond donors (Lipinski definition) is 0. The van der Waals surface area contributed by atoms with Crippen molar-refractivity contribution in [3.05, 3.63) is 54.4 Å². The van der Waals surface area contributed by atoms with Crippen LogP contribution in [0, 0.1) is 0 Å². The van der Waals surface area contributed by atoms with Gasteiger partial charge in [-0.15, -0.1) is 0 Å². The Kier molecular flexibility index (Phi) is 12.2. The van der Waals surface area contributed by atoms with Gasteiger partial charge in [-0.25, -0.2) is 4.79 Å². The molecule has 0 unspecified atom stereocenters. The number of methoxy groups -OCH3 is 2. The molecule has 4 rings (SSSR count). The number of ether oxygens (including phenoxy) is 3. The van der Waals surface area contributed by atoms with E-state index < -0.39 is 13.9 Å². The van der Waals surface area contributed by atoms with Gasteiger partial charge in [0, 0.05) is 66.7 Å². The number of piperidine rings is 1. The lowest BCUT2D eigenvalue weighted by Gasteiger charge is -2.37. The first kappa shape index (κ1) is 38.6. The number of likely N-dealkylation sites (tertiary alicyclic amines) is 1. The van der Waals surface area contributed by atoms with E-state index in [-0.39, 0.29) is 17.2 Å². The molecule has 3 aromatic rings. The molecule has 1 amide bonds. The molecule has 11 nitrogen and oxygen atoms in total. The topological polar surface area (TPSA) is 103 Å². The van der Waals surface area contributed by atoms with Crippen molar-refractivity contribution in [1.29, 1.82) is 0 Å². The second kappa shape index (κ2) is 15.8. The van der Waals surface area contributed by atoms with Crippen molar-refractivity contribution in [3.63, 3.8) is 0 Å². The number of aromatic nitrogens is 2. The van der Waals surface area contributed by atoms with Crippen LogP contribution in [0.5, 0.6) is 11.5 Å². The van der Waals surface area contributed by atoms with Crippen LogP contribution in [0.2, 0.25) is 18.1 Å². The molecule has 50 heavy (non-hydrogen) atoms. The van der Waals surface area contributed by atoms with Crippen molar-refractivity contribution in [2.24, 2.45) is 9.98 Å². The fourth-order valence-electron chi connectivity index (χ4n) is 5.48. The fraction of sp³-hybridized carbons (Fsp3) is 0.526. The standard InChI is InChI=1S/C38H56N6O5Si/c1-27(28-25-40-44(26-28)29-15-17-42(18-16-29)36(45)49-37(2,3)4)41-35-23-30(13-14-34(35)39-8)43(19-20-48-50(11,12)38(5,6)7)31-21-32(46-9)24-33(22-31)47-10/h13-14,21-26,29H,8,15-20H2,1-7,9-12H3/b41-27+. The Balaban J connectivity index is 1.60. The van der Waals surface area contributed by atoms with E-state index in [1.54, 1.807) is 19.1 Å². The SMILES string of the molecule is C=Nc1ccc(N(CCO[Si](C)(C)C(C)(C)C)c2cc(OC)cc(OC)c2)cc1/N=C(\C)c1cnn(C2CCN(C(=O)OC(C)(C)C)CC2)c1. The maximum atomic E-state index is 12.5.